The summed E-state index contributed by atoms with van der Waals surface area (Å²) in [7, 11) is -3.35. The lowest BCUT2D eigenvalue weighted by Crippen LogP contribution is -2.39. The second kappa shape index (κ2) is 7.05. The smallest absolute Gasteiger partial charge is 0.253 e. The van der Waals surface area contributed by atoms with Gasteiger partial charge in [0.05, 0.1) is 15.9 Å². The Kier molecular flexibility index (Phi) is 4.71. The van der Waals surface area contributed by atoms with Crippen LogP contribution in [0.3, 0.4) is 0 Å². The van der Waals surface area contributed by atoms with Gasteiger partial charge in [0.1, 0.15) is 5.82 Å². The minimum atomic E-state index is -3.35. The molecule has 1 aliphatic rings. The Morgan fingerprint density at radius 1 is 1.21 bits per heavy atom. The van der Waals surface area contributed by atoms with Gasteiger partial charge < -0.3 is 9.88 Å². The summed E-state index contributed by atoms with van der Waals surface area (Å²) in [5.41, 5.74) is 3.53. The SMILES string of the molecule is Cc1ccc2nc([C@H]3CCCN(C(=O)c4cccc(S(C)(=O)=O)c4)C3)[nH]c2c1. The van der Waals surface area contributed by atoms with Crippen LogP contribution < -0.4 is 0 Å². The fourth-order valence-corrected chi connectivity index (χ4v) is 4.43. The van der Waals surface area contributed by atoms with Gasteiger partial charge in [-0.15, -0.1) is 0 Å². The molecule has 1 fully saturated rings. The summed E-state index contributed by atoms with van der Waals surface area (Å²) in [6.45, 7) is 3.28. The fourth-order valence-electron chi connectivity index (χ4n) is 3.76. The zero-order chi connectivity index (χ0) is 19.9. The monoisotopic (exact) mass is 397 g/mol. The van der Waals surface area contributed by atoms with E-state index in [1.165, 1.54) is 17.7 Å². The van der Waals surface area contributed by atoms with Gasteiger partial charge in [0, 0.05) is 30.8 Å². The number of likely N-dealkylation sites (tertiary alicyclic amines) is 1. The van der Waals surface area contributed by atoms with Crippen LogP contribution in [-0.4, -0.2) is 48.5 Å². The summed E-state index contributed by atoms with van der Waals surface area (Å²) < 4.78 is 23.6. The van der Waals surface area contributed by atoms with Crippen LogP contribution in [0.25, 0.3) is 11.0 Å². The second-order valence-electron chi connectivity index (χ2n) is 7.53. The van der Waals surface area contributed by atoms with E-state index in [0.29, 0.717) is 18.7 Å². The minimum Gasteiger partial charge on any atom is -0.342 e. The van der Waals surface area contributed by atoms with Gasteiger partial charge in [0.15, 0.2) is 9.84 Å². The average molecular weight is 398 g/mol. The Morgan fingerprint density at radius 2 is 2.04 bits per heavy atom. The molecule has 0 bridgehead atoms. The summed E-state index contributed by atoms with van der Waals surface area (Å²) in [4.78, 5) is 23.1. The van der Waals surface area contributed by atoms with Gasteiger partial charge in [-0.25, -0.2) is 13.4 Å². The van der Waals surface area contributed by atoms with Gasteiger partial charge in [0.25, 0.3) is 5.91 Å². The topological polar surface area (TPSA) is 83.1 Å². The van der Waals surface area contributed by atoms with Crippen LogP contribution in [0.15, 0.2) is 47.4 Å². The molecule has 3 aromatic rings. The number of imidazole rings is 1. The van der Waals surface area contributed by atoms with Crippen molar-refractivity contribution >= 4 is 26.8 Å². The van der Waals surface area contributed by atoms with Crippen molar-refractivity contribution < 1.29 is 13.2 Å². The van der Waals surface area contributed by atoms with Gasteiger partial charge in [-0.3, -0.25) is 4.79 Å². The zero-order valence-electron chi connectivity index (χ0n) is 16.0. The van der Waals surface area contributed by atoms with Crippen molar-refractivity contribution in [2.24, 2.45) is 0 Å². The number of piperidine rings is 1. The Balaban J connectivity index is 1.57. The number of aryl methyl sites for hydroxylation is 1. The van der Waals surface area contributed by atoms with Crippen molar-refractivity contribution in [1.29, 1.82) is 0 Å². The van der Waals surface area contributed by atoms with Crippen molar-refractivity contribution in [3.8, 4) is 0 Å². The van der Waals surface area contributed by atoms with Crippen molar-refractivity contribution in [2.75, 3.05) is 19.3 Å². The summed E-state index contributed by atoms with van der Waals surface area (Å²) in [5.74, 6) is 0.911. The van der Waals surface area contributed by atoms with Crippen molar-refractivity contribution in [3.05, 3.63) is 59.4 Å². The molecule has 0 unspecified atom stereocenters. The van der Waals surface area contributed by atoms with Gasteiger partial charge in [-0.2, -0.15) is 0 Å². The van der Waals surface area contributed by atoms with Gasteiger partial charge in [0.2, 0.25) is 0 Å². The molecule has 0 spiro atoms. The molecular formula is C21H23N3O3S. The van der Waals surface area contributed by atoms with Crippen molar-refractivity contribution in [2.45, 2.75) is 30.6 Å². The third kappa shape index (κ3) is 3.67. The summed E-state index contributed by atoms with van der Waals surface area (Å²) in [6, 6.07) is 12.4. The molecule has 0 radical (unpaired) electrons. The molecule has 28 heavy (non-hydrogen) atoms. The lowest BCUT2D eigenvalue weighted by molar-refractivity contribution is 0.0704. The molecule has 1 atom stereocenters. The molecular weight excluding hydrogens is 374 g/mol. The molecule has 2 heterocycles. The largest absolute Gasteiger partial charge is 0.342 e. The normalized spacial score (nSPS) is 17.8. The highest BCUT2D eigenvalue weighted by atomic mass is 32.2. The van der Waals surface area contributed by atoms with Crippen molar-refractivity contribution in [3.63, 3.8) is 0 Å². The number of rotatable bonds is 3. The number of nitrogens with one attached hydrogen (secondary N) is 1. The predicted molar refractivity (Wildman–Crippen MR) is 108 cm³/mol. The number of carbonyl (C=O) groups excluding carboxylic acids is 1. The van der Waals surface area contributed by atoms with Crippen LogP contribution in [0.1, 0.15) is 40.5 Å². The molecule has 1 saturated heterocycles. The quantitative estimate of drug-likeness (QED) is 0.735. The number of nitrogens with zero attached hydrogens (tertiary/aromatic N) is 2. The maximum atomic E-state index is 13.0. The molecule has 0 saturated carbocycles. The van der Waals surface area contributed by atoms with E-state index < -0.39 is 9.84 Å². The molecule has 2 aromatic carbocycles. The van der Waals surface area contributed by atoms with Crippen LogP contribution in [0.5, 0.6) is 0 Å². The van der Waals surface area contributed by atoms with E-state index in [9.17, 15) is 13.2 Å². The van der Waals surface area contributed by atoms with E-state index in [0.717, 1.165) is 36.0 Å². The van der Waals surface area contributed by atoms with Crippen LogP contribution in [0.4, 0.5) is 0 Å². The van der Waals surface area contributed by atoms with E-state index in [1.807, 2.05) is 19.1 Å². The second-order valence-corrected chi connectivity index (χ2v) is 9.55. The summed E-state index contributed by atoms with van der Waals surface area (Å²) >= 11 is 0. The van der Waals surface area contributed by atoms with Crippen LogP contribution >= 0.6 is 0 Å². The third-order valence-electron chi connectivity index (χ3n) is 5.26. The number of hydrogen-bond donors (Lipinski definition) is 1. The molecule has 6 nitrogen and oxygen atoms in total. The first-order chi connectivity index (χ1) is 13.3. The predicted octanol–water partition coefficient (Wildman–Crippen LogP) is 3.29. The number of aromatic amines is 1. The van der Waals surface area contributed by atoms with E-state index in [2.05, 4.69) is 11.1 Å². The highest BCUT2D eigenvalue weighted by Gasteiger charge is 2.27. The number of amides is 1. The van der Waals surface area contributed by atoms with E-state index >= 15 is 0 Å². The lowest BCUT2D eigenvalue weighted by Gasteiger charge is -2.32. The average Bonchev–Trinajstić information content (AvgIpc) is 3.10. The molecule has 0 aliphatic carbocycles. The molecule has 1 N–H and O–H groups in total. The van der Waals surface area contributed by atoms with Crippen LogP contribution in [0, 0.1) is 6.92 Å². The minimum absolute atomic E-state index is 0.137. The fraction of sp³-hybridized carbons (Fsp3) is 0.333. The molecule has 1 aromatic heterocycles. The Labute approximate surface area is 164 Å². The molecule has 146 valence electrons. The molecule has 1 aliphatic heterocycles. The number of H-pyrrole nitrogens is 1. The number of aromatic nitrogens is 2. The number of benzene rings is 2. The van der Waals surface area contributed by atoms with Crippen LogP contribution in [0.2, 0.25) is 0 Å². The highest BCUT2D eigenvalue weighted by molar-refractivity contribution is 7.90. The Bertz CT molecular complexity index is 1150. The Morgan fingerprint density at radius 3 is 2.82 bits per heavy atom. The lowest BCUT2D eigenvalue weighted by atomic mass is 9.96. The molecule has 4 rings (SSSR count). The number of hydrogen-bond acceptors (Lipinski definition) is 4. The van der Waals surface area contributed by atoms with E-state index in [4.69, 9.17) is 4.98 Å². The highest BCUT2D eigenvalue weighted by Crippen LogP contribution is 2.28. The van der Waals surface area contributed by atoms with E-state index in [-0.39, 0.29) is 16.7 Å². The summed E-state index contributed by atoms with van der Waals surface area (Å²) in [5, 5.41) is 0. The summed E-state index contributed by atoms with van der Waals surface area (Å²) in [6.07, 6.45) is 3.00. The first-order valence-electron chi connectivity index (χ1n) is 9.37. The standard InChI is InChI=1S/C21H23N3O3S/c1-14-8-9-18-19(11-14)23-20(22-18)16-6-4-10-24(13-16)21(25)15-5-3-7-17(12-15)28(2,26)27/h3,5,7-9,11-12,16H,4,6,10,13H2,1-2H3,(H,22,23)/t16-/m0/s1. The molecule has 7 heteroatoms. The first-order valence-corrected chi connectivity index (χ1v) is 11.3. The first kappa shape index (κ1) is 18.7. The maximum absolute atomic E-state index is 13.0. The number of fused-ring (bicyclic) bond motifs is 1. The van der Waals surface area contributed by atoms with Crippen LogP contribution in [-0.2, 0) is 9.84 Å². The van der Waals surface area contributed by atoms with E-state index in [1.54, 1.807) is 17.0 Å². The number of carbonyl (C=O) groups is 1. The van der Waals surface area contributed by atoms with Crippen molar-refractivity contribution in [1.82, 2.24) is 14.9 Å². The van der Waals surface area contributed by atoms with Gasteiger partial charge >= 0.3 is 0 Å². The molecule has 1 amide bonds. The van der Waals surface area contributed by atoms with Gasteiger partial charge in [-0.05, 0) is 55.7 Å². The third-order valence-corrected chi connectivity index (χ3v) is 6.37. The van der Waals surface area contributed by atoms with Gasteiger partial charge in [-0.1, -0.05) is 12.1 Å². The maximum Gasteiger partial charge on any atom is 0.253 e. The Hall–Kier alpha value is -2.67. The number of sulfone groups is 1. The zero-order valence-corrected chi connectivity index (χ0v) is 16.8.